The molecule has 13 atom stereocenters. The largest absolute Gasteiger partial charge is 0.390 e. The van der Waals surface area contributed by atoms with E-state index < -0.39 is 11.3 Å². The molecule has 1 saturated heterocycles. The number of carbonyl (C=O) groups excluding carboxylic acids is 1. The van der Waals surface area contributed by atoms with Crippen molar-refractivity contribution in [2.24, 2.45) is 52.8 Å². The zero-order valence-corrected chi connectivity index (χ0v) is 20.2. The third-order valence-electron chi connectivity index (χ3n) is 12.7. The van der Waals surface area contributed by atoms with Gasteiger partial charge in [0, 0.05) is 12.0 Å². The monoisotopic (exact) mass is 454 g/mol. The minimum atomic E-state index is -1.09. The maximum absolute atomic E-state index is 16.7. The van der Waals surface area contributed by atoms with Crippen molar-refractivity contribution in [3.05, 3.63) is 0 Å². The van der Waals surface area contributed by atoms with E-state index >= 15 is 4.39 Å². The molecule has 0 amide bonds. The molecule has 1 unspecified atom stereocenters. The number of ketones is 1. The number of Topliss-reactive ketones (excluding diaryl/α,β-unsaturated/α-hetero) is 1. The third-order valence-corrected chi connectivity index (χ3v) is 12.7. The first kappa shape index (κ1) is 21.3. The normalized spacial score (nSPS) is 60.6. The summed E-state index contributed by atoms with van der Waals surface area (Å²) in [5, 5.41) is 20.3. The van der Waals surface area contributed by atoms with Gasteiger partial charge in [-0.1, -0.05) is 13.8 Å². The summed E-state index contributed by atoms with van der Waals surface area (Å²) in [6.07, 6.45) is 8.83. The number of hydrogen-bond donors (Lipinski definition) is 1. The van der Waals surface area contributed by atoms with Crippen molar-refractivity contribution >= 4 is 5.78 Å². The van der Waals surface area contributed by atoms with E-state index in [1.807, 2.05) is 0 Å². The number of alkyl halides is 1. The second-order valence-electron chi connectivity index (χ2n) is 13.6. The van der Waals surface area contributed by atoms with Gasteiger partial charge < -0.3 is 5.11 Å². The van der Waals surface area contributed by atoms with Gasteiger partial charge in [-0.3, -0.25) is 9.69 Å². The number of rotatable bonds is 3. The fraction of sp³-hybridized carbons (Fsp3) is 0.929. The van der Waals surface area contributed by atoms with Crippen LogP contribution < -0.4 is 0 Å². The fourth-order valence-corrected chi connectivity index (χ4v) is 10.8. The van der Waals surface area contributed by atoms with E-state index in [1.165, 1.54) is 0 Å². The Balaban J connectivity index is 1.09. The van der Waals surface area contributed by atoms with Gasteiger partial charge in [0.2, 0.25) is 0 Å². The molecule has 0 spiro atoms. The fourth-order valence-electron chi connectivity index (χ4n) is 10.8. The smallest absolute Gasteiger partial charge is 0.150 e. The lowest BCUT2D eigenvalue weighted by Crippen LogP contribution is -2.58. The number of aliphatic hydroxyl groups is 1. The lowest BCUT2D eigenvalue weighted by atomic mass is 9.48. The van der Waals surface area contributed by atoms with Crippen molar-refractivity contribution in [1.82, 2.24) is 4.90 Å². The number of nitrogens with zero attached hydrogens (tertiary/aromatic N) is 2. The number of fused-ring (bicyclic) bond motifs is 8. The van der Waals surface area contributed by atoms with E-state index in [-0.39, 0.29) is 35.1 Å². The van der Waals surface area contributed by atoms with E-state index in [9.17, 15) is 15.2 Å². The summed E-state index contributed by atoms with van der Waals surface area (Å²) in [6, 6.07) is 2.80. The Bertz CT molecular complexity index is 933. The zero-order valence-electron chi connectivity index (χ0n) is 20.2. The van der Waals surface area contributed by atoms with Gasteiger partial charge >= 0.3 is 0 Å². The van der Waals surface area contributed by atoms with Crippen LogP contribution in [0, 0.1) is 64.1 Å². The molecule has 1 heterocycles. The number of nitriles is 1. The van der Waals surface area contributed by atoms with E-state index in [0.29, 0.717) is 54.9 Å². The highest BCUT2D eigenvalue weighted by Gasteiger charge is 2.71. The van der Waals surface area contributed by atoms with Gasteiger partial charge in [0.15, 0.2) is 5.78 Å². The average molecular weight is 455 g/mol. The first-order valence-corrected chi connectivity index (χ1v) is 13.8. The van der Waals surface area contributed by atoms with Crippen molar-refractivity contribution in [3.63, 3.8) is 0 Å². The molecule has 0 aromatic heterocycles. The molecule has 7 fully saturated rings. The predicted octanol–water partition coefficient (Wildman–Crippen LogP) is 4.51. The number of piperidine rings is 1. The van der Waals surface area contributed by atoms with Crippen LogP contribution in [0.2, 0.25) is 0 Å². The summed E-state index contributed by atoms with van der Waals surface area (Å²) in [4.78, 5) is 15.9. The first-order chi connectivity index (χ1) is 15.7. The summed E-state index contributed by atoms with van der Waals surface area (Å²) in [5.74, 6) is 2.91. The van der Waals surface area contributed by atoms with Crippen molar-refractivity contribution in [2.75, 3.05) is 6.54 Å². The molecule has 0 aromatic rings. The minimum Gasteiger partial charge on any atom is -0.390 e. The third kappa shape index (κ3) is 2.66. The molecule has 4 nitrogen and oxygen atoms in total. The van der Waals surface area contributed by atoms with Gasteiger partial charge in [-0.25, -0.2) is 4.39 Å². The molecule has 5 heteroatoms. The van der Waals surface area contributed by atoms with E-state index in [0.717, 1.165) is 51.4 Å². The number of halogens is 1. The summed E-state index contributed by atoms with van der Waals surface area (Å²) in [5.41, 5.74) is -1.64. The molecule has 7 aliphatic rings. The highest BCUT2D eigenvalue weighted by molar-refractivity contribution is 5.84. The summed E-state index contributed by atoms with van der Waals surface area (Å²) >= 11 is 0. The quantitative estimate of drug-likeness (QED) is 0.682. The average Bonchev–Trinajstić information content (AvgIpc) is 3.51. The Kier molecular flexibility index (Phi) is 4.27. The molecule has 0 bridgehead atoms. The predicted molar refractivity (Wildman–Crippen MR) is 122 cm³/mol. The summed E-state index contributed by atoms with van der Waals surface area (Å²) < 4.78 is 16.7. The Labute approximate surface area is 197 Å². The van der Waals surface area contributed by atoms with Crippen molar-refractivity contribution < 1.29 is 14.3 Å². The van der Waals surface area contributed by atoms with Gasteiger partial charge in [0.05, 0.1) is 24.3 Å². The molecule has 0 aromatic carbocycles. The van der Waals surface area contributed by atoms with Crippen LogP contribution in [0.25, 0.3) is 0 Å². The van der Waals surface area contributed by atoms with Crippen LogP contribution in [-0.4, -0.2) is 45.7 Å². The molecule has 33 heavy (non-hydrogen) atoms. The minimum absolute atomic E-state index is 0.00708. The Hall–Kier alpha value is -0.990. The van der Waals surface area contributed by atoms with Gasteiger partial charge in [-0.15, -0.1) is 0 Å². The second kappa shape index (κ2) is 6.61. The maximum atomic E-state index is 16.7. The zero-order chi connectivity index (χ0) is 22.9. The molecular weight excluding hydrogens is 415 g/mol. The molecule has 1 N–H and O–H groups in total. The highest BCUT2D eigenvalue weighted by Crippen LogP contribution is 2.71. The van der Waals surface area contributed by atoms with Crippen LogP contribution >= 0.6 is 0 Å². The van der Waals surface area contributed by atoms with Crippen LogP contribution in [0.15, 0.2) is 0 Å². The lowest BCUT2D eigenvalue weighted by Gasteiger charge is -2.58. The van der Waals surface area contributed by atoms with Crippen molar-refractivity contribution in [2.45, 2.75) is 101 Å². The topological polar surface area (TPSA) is 64.3 Å². The van der Waals surface area contributed by atoms with Gasteiger partial charge in [0.1, 0.15) is 5.67 Å². The van der Waals surface area contributed by atoms with Crippen LogP contribution in [0.3, 0.4) is 0 Å². The highest BCUT2D eigenvalue weighted by atomic mass is 19.1. The van der Waals surface area contributed by atoms with Gasteiger partial charge in [-0.05, 0) is 111 Å². The van der Waals surface area contributed by atoms with Crippen molar-refractivity contribution in [3.8, 4) is 6.07 Å². The maximum Gasteiger partial charge on any atom is 0.150 e. The van der Waals surface area contributed by atoms with Crippen LogP contribution in [0.4, 0.5) is 4.39 Å². The van der Waals surface area contributed by atoms with Crippen LogP contribution in [0.5, 0.6) is 0 Å². The molecule has 6 aliphatic carbocycles. The molecule has 6 saturated carbocycles. The molecule has 180 valence electrons. The Morgan fingerprint density at radius 1 is 1.06 bits per heavy atom. The molecule has 0 radical (unpaired) electrons. The SMILES string of the molecule is C[C@@H]1[C@@H]2C[C@H](C#N)N(CC(=O)[C@H]3CC[C@H]4[C@@H]5CC[C@@H]6C7C[C@@]7(O)CC[C@]6(F)[C@H]5CC[C@]34C)[C@H]12. The standard InChI is InChI=1S/C28H39FN2O2/c1-15-18-11-16(13-30)31(25(15)18)14-24(32)22-6-5-19-17-3-4-21-23-12-27(23,33)9-10-28(21,29)20(17)7-8-26(19,22)2/h15-23,25,33H,3-12,14H2,1-2H3/t15-,16-,17+,18+,19+,20+,21-,22-,23?,25-,26+,27+,28+/m1/s1. The lowest BCUT2D eigenvalue weighted by molar-refractivity contribution is -0.153. The molecule has 1 aliphatic heterocycles. The first-order valence-electron chi connectivity index (χ1n) is 13.8. The number of carbonyl (C=O) groups is 1. The number of likely N-dealkylation sites (tertiary alicyclic amines) is 1. The van der Waals surface area contributed by atoms with E-state index in [2.05, 4.69) is 24.8 Å². The van der Waals surface area contributed by atoms with E-state index in [1.54, 1.807) is 0 Å². The van der Waals surface area contributed by atoms with Crippen LogP contribution in [0.1, 0.15) is 78.1 Å². The molecular formula is C28H39FN2O2. The van der Waals surface area contributed by atoms with E-state index in [4.69, 9.17) is 0 Å². The molecule has 7 rings (SSSR count). The van der Waals surface area contributed by atoms with Gasteiger partial charge in [-0.2, -0.15) is 5.26 Å². The van der Waals surface area contributed by atoms with Crippen LogP contribution in [-0.2, 0) is 4.79 Å². The van der Waals surface area contributed by atoms with Gasteiger partial charge in [0.25, 0.3) is 0 Å². The summed E-state index contributed by atoms with van der Waals surface area (Å²) in [6.45, 7) is 5.04. The second-order valence-corrected chi connectivity index (χ2v) is 13.6. The van der Waals surface area contributed by atoms with Crippen molar-refractivity contribution in [1.29, 1.82) is 5.26 Å². The summed E-state index contributed by atoms with van der Waals surface area (Å²) in [7, 11) is 0. The Morgan fingerprint density at radius 2 is 1.85 bits per heavy atom. The Morgan fingerprint density at radius 3 is 2.64 bits per heavy atom. The number of hydrogen-bond acceptors (Lipinski definition) is 4.